The molecule has 0 radical (unpaired) electrons. The molecule has 0 heterocycles. The van der Waals surface area contributed by atoms with E-state index in [1.165, 1.54) is 0 Å². The molecule has 20 heavy (non-hydrogen) atoms. The van der Waals surface area contributed by atoms with Gasteiger partial charge in [0.2, 0.25) is 0 Å². The third-order valence-corrected chi connectivity index (χ3v) is 21.1. The molecule has 0 aromatic carbocycles. The van der Waals surface area contributed by atoms with Gasteiger partial charge in [-0.1, -0.05) is 0 Å². The molecule has 0 N–H and O–H groups in total. The summed E-state index contributed by atoms with van der Waals surface area (Å²) >= 11 is -5.33. The van der Waals surface area contributed by atoms with Gasteiger partial charge in [-0.3, -0.25) is 0 Å². The topological polar surface area (TPSA) is 35.5 Å². The van der Waals surface area contributed by atoms with E-state index in [1.54, 1.807) is 0 Å². The monoisotopic (exact) mass is 366 g/mol. The fourth-order valence-corrected chi connectivity index (χ4v) is 17.0. The van der Waals surface area contributed by atoms with Crippen LogP contribution in [0.3, 0.4) is 0 Å². The Morgan fingerprint density at radius 2 is 0.750 bits per heavy atom. The molecular formula is C16H36O3Zr. The van der Waals surface area contributed by atoms with E-state index in [1.807, 2.05) is 83.1 Å². The summed E-state index contributed by atoms with van der Waals surface area (Å²) in [5.74, 6) is 0. The van der Waals surface area contributed by atoms with Gasteiger partial charge in [-0.2, -0.15) is 0 Å². The van der Waals surface area contributed by atoms with Gasteiger partial charge in [-0.25, -0.2) is 0 Å². The summed E-state index contributed by atoms with van der Waals surface area (Å²) in [6, 6.07) is 0. The van der Waals surface area contributed by atoms with Crippen molar-refractivity contribution in [3.63, 3.8) is 0 Å². The van der Waals surface area contributed by atoms with Crippen molar-refractivity contribution in [3.05, 3.63) is 0 Å². The van der Waals surface area contributed by atoms with E-state index in [9.17, 15) is 2.81 Å². The van der Waals surface area contributed by atoms with Gasteiger partial charge in [0.1, 0.15) is 0 Å². The zero-order valence-electron chi connectivity index (χ0n) is 15.7. The second kappa shape index (κ2) is 5.06. The predicted octanol–water partition coefficient (Wildman–Crippen LogP) is 5.92. The number of hydrogen-bond donors (Lipinski definition) is 0. The summed E-state index contributed by atoms with van der Waals surface area (Å²) < 4.78 is 26.1. The van der Waals surface area contributed by atoms with Crippen LogP contribution < -0.4 is 0 Å². The molecule has 0 fully saturated rings. The van der Waals surface area contributed by atoms with Gasteiger partial charge in [0.05, 0.1) is 0 Å². The third kappa shape index (κ3) is 3.87. The fraction of sp³-hybridized carbons (Fsp3) is 1.00. The normalized spacial score (nSPS) is 16.4. The first kappa shape index (κ1) is 20.6. The molecule has 122 valence electrons. The third-order valence-electron chi connectivity index (χ3n) is 3.57. The summed E-state index contributed by atoms with van der Waals surface area (Å²) in [7, 11) is 0. The molecule has 0 unspecified atom stereocenters. The van der Waals surface area contributed by atoms with Crippen molar-refractivity contribution >= 4 is 0 Å². The Bertz CT molecular complexity index is 369. The Morgan fingerprint density at radius 1 is 0.550 bits per heavy atom. The van der Waals surface area contributed by atoms with Crippen LogP contribution in [0, 0.1) is 0 Å². The molecule has 0 amide bonds. The number of hydrogen-bond acceptors (Lipinski definition) is 3. The van der Waals surface area contributed by atoms with E-state index in [0.717, 1.165) is 0 Å². The minimum absolute atomic E-state index is 0.515. The van der Waals surface area contributed by atoms with E-state index in [0.29, 0.717) is 0 Å². The summed E-state index contributed by atoms with van der Waals surface area (Å²) in [5.41, 5.74) is -1.03. The van der Waals surface area contributed by atoms with Crippen molar-refractivity contribution in [2.45, 2.75) is 101 Å². The van der Waals surface area contributed by atoms with Crippen LogP contribution >= 0.6 is 0 Å². The Labute approximate surface area is 128 Å². The van der Waals surface area contributed by atoms with Gasteiger partial charge in [0, 0.05) is 0 Å². The quantitative estimate of drug-likeness (QED) is 0.608. The first-order valence-electron chi connectivity index (χ1n) is 7.52. The summed E-state index contributed by atoms with van der Waals surface area (Å²) in [4.78, 5) is 0. The Balaban J connectivity index is 6.48. The number of rotatable bonds is 2. The molecule has 3 nitrogen and oxygen atoms in total. The van der Waals surface area contributed by atoms with E-state index in [2.05, 4.69) is 0 Å². The van der Waals surface area contributed by atoms with Crippen LogP contribution in [0.1, 0.15) is 83.1 Å². The summed E-state index contributed by atoms with van der Waals surface area (Å²) in [5, 5.41) is 0. The Kier molecular flexibility index (Phi) is 5.22. The molecule has 0 aromatic rings. The molecule has 0 aliphatic heterocycles. The zero-order chi connectivity index (χ0) is 16.9. The van der Waals surface area contributed by atoms with Gasteiger partial charge < -0.3 is 0 Å². The van der Waals surface area contributed by atoms with Crippen LogP contribution in [0.4, 0.5) is 0 Å². The van der Waals surface area contributed by atoms with Gasteiger partial charge in [-0.15, -0.1) is 0 Å². The molecule has 0 bridgehead atoms. The van der Waals surface area contributed by atoms with E-state index in [-0.39, 0.29) is 0 Å². The van der Waals surface area contributed by atoms with Crippen molar-refractivity contribution in [3.8, 4) is 0 Å². The molecule has 4 heteroatoms. The molecule has 0 saturated carbocycles. The first-order valence-corrected chi connectivity index (χ1v) is 13.0. The van der Waals surface area contributed by atoms with Crippen LogP contribution in [-0.4, -0.2) is 11.2 Å². The molecule has 0 saturated heterocycles. The van der Waals surface area contributed by atoms with Gasteiger partial charge in [0.15, 0.2) is 0 Å². The molecule has 0 aromatic heterocycles. The van der Waals surface area contributed by atoms with Crippen LogP contribution in [0.25, 0.3) is 0 Å². The van der Waals surface area contributed by atoms with Crippen LogP contribution in [0.5, 0.6) is 0 Å². The van der Waals surface area contributed by atoms with Crippen molar-refractivity contribution in [1.82, 2.24) is 0 Å². The van der Waals surface area contributed by atoms with Gasteiger partial charge in [0.25, 0.3) is 0 Å². The molecule has 0 aliphatic rings. The summed E-state index contributed by atoms with van der Waals surface area (Å²) in [6.45, 7) is 23.6. The fourth-order valence-electron chi connectivity index (χ4n) is 2.87. The SMILES string of the molecule is CC(C)(C)[O][Zr](=[O])([O]C(C)(C)C)([C](C)(C)C)[C](C)(C)C. The minimum atomic E-state index is -5.33. The van der Waals surface area contributed by atoms with E-state index < -0.39 is 37.1 Å². The molecule has 0 spiro atoms. The molecule has 0 atom stereocenters. The van der Waals surface area contributed by atoms with Crippen LogP contribution in [0.15, 0.2) is 0 Å². The molecule has 0 rings (SSSR count). The van der Waals surface area contributed by atoms with Crippen molar-refractivity contribution in [2.75, 3.05) is 0 Å². The average molecular weight is 368 g/mol. The summed E-state index contributed by atoms with van der Waals surface area (Å²) in [6.07, 6.45) is 0. The van der Waals surface area contributed by atoms with E-state index >= 15 is 0 Å². The average Bonchev–Trinajstić information content (AvgIpc) is 1.90. The van der Waals surface area contributed by atoms with Gasteiger partial charge in [-0.05, 0) is 0 Å². The Morgan fingerprint density at radius 3 is 0.850 bits per heavy atom. The van der Waals surface area contributed by atoms with Crippen molar-refractivity contribution < 1.29 is 28.1 Å². The standard InChI is InChI=1S/2C4H9O.2C4H9.O.Zr/c2*1-4(2,3)5;2*1-4(2)3;;/h2*1-3H3;2*1-3H3;;/q2*-1;;;;+2. The molecular weight excluding hydrogens is 331 g/mol. The molecule has 0 aliphatic carbocycles. The van der Waals surface area contributed by atoms with E-state index in [4.69, 9.17) is 5.63 Å². The first-order chi connectivity index (χ1) is 8.23. The van der Waals surface area contributed by atoms with Crippen LogP contribution in [-0.2, 0) is 28.1 Å². The van der Waals surface area contributed by atoms with Gasteiger partial charge >= 0.3 is 129 Å². The maximum absolute atomic E-state index is 14.5. The second-order valence-corrected chi connectivity index (χ2v) is 23.1. The van der Waals surface area contributed by atoms with Crippen molar-refractivity contribution in [1.29, 1.82) is 0 Å². The van der Waals surface area contributed by atoms with Crippen molar-refractivity contribution in [2.24, 2.45) is 0 Å². The van der Waals surface area contributed by atoms with Crippen LogP contribution in [0.2, 0.25) is 6.25 Å². The Hall–Kier alpha value is 0.603. The maximum atomic E-state index is 14.5. The predicted molar refractivity (Wildman–Crippen MR) is 81.8 cm³/mol. The zero-order valence-corrected chi connectivity index (χ0v) is 18.2. The second-order valence-electron chi connectivity index (χ2n) is 9.92.